The molecule has 9 heteroatoms. The molecule has 0 aliphatic rings. The number of methoxy groups -OCH3 is 1. The van der Waals surface area contributed by atoms with Crippen LogP contribution in [0, 0.1) is 0 Å². The molecule has 0 spiro atoms. The van der Waals surface area contributed by atoms with E-state index in [0.717, 1.165) is 4.90 Å². The van der Waals surface area contributed by atoms with Crippen molar-refractivity contribution < 1.29 is 19.1 Å². The number of rotatable bonds is 10. The number of hydrogen-bond donors (Lipinski definition) is 3. The highest BCUT2D eigenvalue weighted by Gasteiger charge is 2.17. The zero-order chi connectivity index (χ0) is 29.2. The maximum absolute atomic E-state index is 13.2. The summed E-state index contributed by atoms with van der Waals surface area (Å²) in [6, 6.07) is 29.9. The van der Waals surface area contributed by atoms with Crippen molar-refractivity contribution in [2.75, 3.05) is 17.7 Å². The summed E-state index contributed by atoms with van der Waals surface area (Å²) < 4.78 is 5.20. The van der Waals surface area contributed by atoms with Crippen molar-refractivity contribution in [1.29, 1.82) is 0 Å². The molecule has 0 fully saturated rings. The number of carbonyl (C=O) groups excluding carboxylic acids is 3. The molecule has 0 bridgehead atoms. The van der Waals surface area contributed by atoms with Gasteiger partial charge in [-0.2, -0.15) is 0 Å². The van der Waals surface area contributed by atoms with Crippen LogP contribution in [0.4, 0.5) is 11.4 Å². The molecule has 3 N–H and O–H groups in total. The van der Waals surface area contributed by atoms with Crippen molar-refractivity contribution in [3.05, 3.63) is 125 Å². The molecule has 41 heavy (non-hydrogen) atoms. The zero-order valence-electron chi connectivity index (χ0n) is 22.4. The number of carbonyl (C=O) groups is 3. The van der Waals surface area contributed by atoms with Gasteiger partial charge in [-0.05, 0) is 79.2 Å². The van der Waals surface area contributed by atoms with Gasteiger partial charge in [0.2, 0.25) is 5.91 Å². The first-order valence-corrected chi connectivity index (χ1v) is 13.9. The van der Waals surface area contributed by atoms with E-state index >= 15 is 0 Å². The summed E-state index contributed by atoms with van der Waals surface area (Å²) in [7, 11) is 1.57. The Bertz CT molecular complexity index is 1540. The predicted molar refractivity (Wildman–Crippen MR) is 165 cm³/mol. The minimum Gasteiger partial charge on any atom is -0.497 e. The third kappa shape index (κ3) is 8.73. The Hall–Kier alpha value is -4.53. The van der Waals surface area contributed by atoms with Crippen molar-refractivity contribution in [2.45, 2.75) is 17.1 Å². The lowest BCUT2D eigenvalue weighted by Crippen LogP contribution is -2.30. The Morgan fingerprint density at radius 1 is 0.829 bits per heavy atom. The van der Waals surface area contributed by atoms with E-state index in [4.69, 9.17) is 16.3 Å². The lowest BCUT2D eigenvalue weighted by atomic mass is 10.1. The van der Waals surface area contributed by atoms with E-state index in [2.05, 4.69) is 16.0 Å². The molecular formula is C32H28ClN3O4S. The second-order valence-electron chi connectivity index (χ2n) is 8.89. The number of halogens is 1. The first-order valence-electron chi connectivity index (χ1n) is 12.7. The normalized spacial score (nSPS) is 11.7. The monoisotopic (exact) mass is 585 g/mol. The number of anilines is 2. The lowest BCUT2D eigenvalue weighted by molar-refractivity contribution is -0.115. The van der Waals surface area contributed by atoms with Crippen LogP contribution >= 0.6 is 23.4 Å². The Balaban J connectivity index is 1.42. The fraction of sp³-hybridized carbons (Fsp3) is 0.0938. The van der Waals surface area contributed by atoms with Crippen LogP contribution in [0.3, 0.4) is 0 Å². The van der Waals surface area contributed by atoms with Crippen LogP contribution in [0.25, 0.3) is 6.08 Å². The SMILES string of the molecule is COc1cccc(NC(=O)C(C)Sc2ccc(NC(=O)/C(=C/c3ccc(Cl)cc3)NC(=O)c3ccccc3)cc2)c1. The van der Waals surface area contributed by atoms with Crippen molar-refractivity contribution >= 4 is 58.5 Å². The highest BCUT2D eigenvalue weighted by Crippen LogP contribution is 2.26. The highest BCUT2D eigenvalue weighted by atomic mass is 35.5. The van der Waals surface area contributed by atoms with Crippen LogP contribution in [0.5, 0.6) is 5.75 Å². The molecule has 4 aromatic rings. The van der Waals surface area contributed by atoms with Gasteiger partial charge in [-0.1, -0.05) is 48.0 Å². The van der Waals surface area contributed by atoms with Gasteiger partial charge in [0, 0.05) is 32.9 Å². The average molecular weight is 586 g/mol. The van der Waals surface area contributed by atoms with Crippen molar-refractivity contribution in [1.82, 2.24) is 5.32 Å². The number of hydrogen-bond acceptors (Lipinski definition) is 5. The van der Waals surface area contributed by atoms with Gasteiger partial charge in [-0.3, -0.25) is 14.4 Å². The second kappa shape index (κ2) is 14.2. The van der Waals surface area contributed by atoms with E-state index in [9.17, 15) is 14.4 Å². The topological polar surface area (TPSA) is 96.5 Å². The summed E-state index contributed by atoms with van der Waals surface area (Å²) in [6.07, 6.45) is 1.58. The number of ether oxygens (including phenoxy) is 1. The Labute approximate surface area is 248 Å². The van der Waals surface area contributed by atoms with Gasteiger partial charge >= 0.3 is 0 Å². The standard InChI is InChI=1S/C32H28ClN3O4S/c1-21(30(37)35-26-9-6-10-27(20-26)40-2)41-28-17-15-25(16-18-28)34-32(39)29(19-22-11-13-24(33)14-12-22)36-31(38)23-7-4-3-5-8-23/h3-21H,1-2H3,(H,34,39)(H,35,37)(H,36,38)/b29-19-. The maximum atomic E-state index is 13.2. The van der Waals surface area contributed by atoms with Crippen molar-refractivity contribution in [3.8, 4) is 5.75 Å². The number of nitrogens with one attached hydrogen (secondary N) is 3. The second-order valence-corrected chi connectivity index (χ2v) is 10.7. The van der Waals surface area contributed by atoms with Gasteiger partial charge < -0.3 is 20.7 Å². The summed E-state index contributed by atoms with van der Waals surface area (Å²) in [6.45, 7) is 1.82. The third-order valence-corrected chi connectivity index (χ3v) is 7.21. The molecule has 0 aliphatic heterocycles. The van der Waals surface area contributed by atoms with Crippen LogP contribution in [0.1, 0.15) is 22.8 Å². The molecule has 7 nitrogen and oxygen atoms in total. The van der Waals surface area contributed by atoms with E-state index in [1.807, 2.05) is 37.3 Å². The fourth-order valence-electron chi connectivity index (χ4n) is 3.69. The largest absolute Gasteiger partial charge is 0.497 e. The molecular weight excluding hydrogens is 558 g/mol. The van der Waals surface area contributed by atoms with Gasteiger partial charge in [0.05, 0.1) is 12.4 Å². The third-order valence-electron chi connectivity index (χ3n) is 5.84. The van der Waals surface area contributed by atoms with Gasteiger partial charge in [-0.15, -0.1) is 11.8 Å². The molecule has 4 rings (SSSR count). The van der Waals surface area contributed by atoms with E-state index in [-0.39, 0.29) is 16.9 Å². The summed E-state index contributed by atoms with van der Waals surface area (Å²) in [4.78, 5) is 39.6. The lowest BCUT2D eigenvalue weighted by Gasteiger charge is -2.14. The molecule has 0 aliphatic carbocycles. The molecule has 4 aromatic carbocycles. The van der Waals surface area contributed by atoms with Crippen molar-refractivity contribution in [3.63, 3.8) is 0 Å². The van der Waals surface area contributed by atoms with Crippen LogP contribution in [-0.2, 0) is 9.59 Å². The first kappa shape index (κ1) is 29.5. The minimum atomic E-state index is -0.490. The average Bonchev–Trinajstić information content (AvgIpc) is 2.99. The maximum Gasteiger partial charge on any atom is 0.272 e. The quantitative estimate of drug-likeness (QED) is 0.139. The summed E-state index contributed by atoms with van der Waals surface area (Å²) >= 11 is 7.38. The smallest absolute Gasteiger partial charge is 0.272 e. The van der Waals surface area contributed by atoms with Crippen LogP contribution in [0.2, 0.25) is 5.02 Å². The molecule has 0 radical (unpaired) electrons. The van der Waals surface area contributed by atoms with E-state index in [1.165, 1.54) is 11.8 Å². The number of thioether (sulfide) groups is 1. The van der Waals surface area contributed by atoms with Crippen LogP contribution in [-0.4, -0.2) is 30.1 Å². The molecule has 1 atom stereocenters. The molecule has 1 unspecified atom stereocenters. The summed E-state index contributed by atoms with van der Waals surface area (Å²) in [5.74, 6) is -0.386. The first-order chi connectivity index (χ1) is 19.8. The van der Waals surface area contributed by atoms with E-state index in [1.54, 1.807) is 86.0 Å². The Kier molecular flexibility index (Phi) is 10.2. The summed E-state index contributed by atoms with van der Waals surface area (Å²) in [5, 5.41) is 8.63. The van der Waals surface area contributed by atoms with Crippen molar-refractivity contribution in [2.24, 2.45) is 0 Å². The van der Waals surface area contributed by atoms with Gasteiger partial charge in [0.1, 0.15) is 11.4 Å². The number of benzene rings is 4. The molecule has 0 heterocycles. The van der Waals surface area contributed by atoms with E-state index in [0.29, 0.717) is 33.3 Å². The van der Waals surface area contributed by atoms with Gasteiger partial charge in [0.15, 0.2) is 0 Å². The molecule has 3 amide bonds. The van der Waals surface area contributed by atoms with E-state index < -0.39 is 11.8 Å². The molecule has 0 saturated heterocycles. The fourth-order valence-corrected chi connectivity index (χ4v) is 4.68. The predicted octanol–water partition coefficient (Wildman–Crippen LogP) is 6.88. The Morgan fingerprint density at radius 3 is 2.22 bits per heavy atom. The Morgan fingerprint density at radius 2 is 1.54 bits per heavy atom. The molecule has 0 saturated carbocycles. The minimum absolute atomic E-state index is 0.0717. The van der Waals surface area contributed by atoms with Gasteiger partial charge in [0.25, 0.3) is 11.8 Å². The van der Waals surface area contributed by atoms with Crippen LogP contribution in [0.15, 0.2) is 114 Å². The zero-order valence-corrected chi connectivity index (χ0v) is 24.0. The molecule has 0 aromatic heterocycles. The highest BCUT2D eigenvalue weighted by molar-refractivity contribution is 8.00. The number of amides is 3. The van der Waals surface area contributed by atoms with Gasteiger partial charge in [-0.25, -0.2) is 0 Å². The summed E-state index contributed by atoms with van der Waals surface area (Å²) in [5.41, 5.74) is 2.38. The van der Waals surface area contributed by atoms with Crippen LogP contribution < -0.4 is 20.7 Å². The molecule has 208 valence electrons.